The summed E-state index contributed by atoms with van der Waals surface area (Å²) in [6.45, 7) is 4.59. The quantitative estimate of drug-likeness (QED) is 0.627. The van der Waals surface area contributed by atoms with Crippen LogP contribution in [-0.4, -0.2) is 50.2 Å². The fraction of sp³-hybridized carbons (Fsp3) is 1.00. The maximum absolute atomic E-state index is 9.40. The van der Waals surface area contributed by atoms with Crippen molar-refractivity contribution in [2.75, 3.05) is 33.5 Å². The summed E-state index contributed by atoms with van der Waals surface area (Å²) >= 11 is 0. The monoisotopic (exact) mass is 189 g/mol. The van der Waals surface area contributed by atoms with Crippen LogP contribution in [0.2, 0.25) is 0 Å². The summed E-state index contributed by atoms with van der Waals surface area (Å²) in [5.41, 5.74) is 0.0364. The molecular formula is C9H19NO3. The largest absolute Gasteiger partial charge is 0.389 e. The molecule has 1 aliphatic heterocycles. The number of nitrogens with one attached hydrogen (secondary N) is 1. The van der Waals surface area contributed by atoms with Crippen molar-refractivity contribution in [1.29, 1.82) is 0 Å². The molecule has 2 N–H and O–H groups in total. The van der Waals surface area contributed by atoms with Gasteiger partial charge < -0.3 is 19.9 Å². The molecule has 0 aromatic carbocycles. The third kappa shape index (κ3) is 3.60. The Labute approximate surface area is 79.2 Å². The molecule has 78 valence electrons. The fourth-order valence-corrected chi connectivity index (χ4v) is 1.42. The maximum atomic E-state index is 9.40. The van der Waals surface area contributed by atoms with Gasteiger partial charge in [0, 0.05) is 25.8 Å². The van der Waals surface area contributed by atoms with Crippen LogP contribution >= 0.6 is 0 Å². The second-order valence-electron chi connectivity index (χ2n) is 3.85. The van der Waals surface area contributed by atoms with Gasteiger partial charge in [-0.25, -0.2) is 0 Å². The van der Waals surface area contributed by atoms with Crippen LogP contribution in [0.25, 0.3) is 0 Å². The first-order valence-electron chi connectivity index (χ1n) is 4.66. The minimum Gasteiger partial charge on any atom is -0.389 e. The van der Waals surface area contributed by atoms with E-state index in [1.54, 1.807) is 7.11 Å². The predicted molar refractivity (Wildman–Crippen MR) is 49.7 cm³/mol. The summed E-state index contributed by atoms with van der Waals surface area (Å²) in [6, 6.07) is 0. The molecule has 1 aliphatic rings. The highest BCUT2D eigenvalue weighted by Crippen LogP contribution is 2.16. The molecule has 0 spiro atoms. The molecule has 0 radical (unpaired) electrons. The Hall–Kier alpha value is -0.160. The third-order valence-electron chi connectivity index (χ3n) is 2.34. The van der Waals surface area contributed by atoms with Crippen LogP contribution in [-0.2, 0) is 9.47 Å². The van der Waals surface area contributed by atoms with Crippen LogP contribution in [0.3, 0.4) is 0 Å². The van der Waals surface area contributed by atoms with Gasteiger partial charge in [-0.2, -0.15) is 0 Å². The molecule has 2 unspecified atom stereocenters. The molecule has 0 amide bonds. The van der Waals surface area contributed by atoms with E-state index in [1.807, 2.05) is 0 Å². The van der Waals surface area contributed by atoms with E-state index in [0.29, 0.717) is 13.2 Å². The molecular weight excluding hydrogens is 170 g/mol. The summed E-state index contributed by atoms with van der Waals surface area (Å²) in [5, 5.41) is 12.7. The SMILES string of the molecule is COCC(O)CNC1(C)CCOC1. The van der Waals surface area contributed by atoms with Crippen LogP contribution in [0, 0.1) is 0 Å². The highest BCUT2D eigenvalue weighted by atomic mass is 16.5. The van der Waals surface area contributed by atoms with Crippen molar-refractivity contribution in [3.8, 4) is 0 Å². The Kier molecular flexibility index (Phi) is 4.12. The molecule has 1 rings (SSSR count). The molecule has 0 aliphatic carbocycles. The second-order valence-corrected chi connectivity index (χ2v) is 3.85. The van der Waals surface area contributed by atoms with E-state index in [4.69, 9.17) is 9.47 Å². The number of β-amino-alcohol motifs (C(OH)–C–C–N with tert-alkyl or cyclic N) is 1. The molecule has 1 saturated heterocycles. The first kappa shape index (κ1) is 10.9. The smallest absolute Gasteiger partial charge is 0.0897 e. The van der Waals surface area contributed by atoms with Gasteiger partial charge in [-0.3, -0.25) is 0 Å². The van der Waals surface area contributed by atoms with Gasteiger partial charge in [-0.15, -0.1) is 0 Å². The molecule has 4 heteroatoms. The topological polar surface area (TPSA) is 50.7 Å². The van der Waals surface area contributed by atoms with Crippen LogP contribution < -0.4 is 5.32 Å². The zero-order valence-corrected chi connectivity index (χ0v) is 8.38. The van der Waals surface area contributed by atoms with Crippen molar-refractivity contribution < 1.29 is 14.6 Å². The molecule has 13 heavy (non-hydrogen) atoms. The standard InChI is InChI=1S/C9H19NO3/c1-9(3-4-13-7-9)10-5-8(11)6-12-2/h8,10-11H,3-7H2,1-2H3. The Morgan fingerprint density at radius 2 is 2.46 bits per heavy atom. The van der Waals surface area contributed by atoms with Gasteiger partial charge in [0.25, 0.3) is 0 Å². The number of aliphatic hydroxyl groups is 1. The van der Waals surface area contributed by atoms with Crippen molar-refractivity contribution in [3.63, 3.8) is 0 Å². The van der Waals surface area contributed by atoms with E-state index in [1.165, 1.54) is 0 Å². The van der Waals surface area contributed by atoms with Gasteiger partial charge in [0.2, 0.25) is 0 Å². The van der Waals surface area contributed by atoms with E-state index in [2.05, 4.69) is 12.2 Å². The Morgan fingerprint density at radius 3 is 3.00 bits per heavy atom. The van der Waals surface area contributed by atoms with Crippen molar-refractivity contribution >= 4 is 0 Å². The second kappa shape index (κ2) is 4.91. The summed E-state index contributed by atoms with van der Waals surface area (Å²) in [6.07, 6.45) is 0.578. The van der Waals surface area contributed by atoms with Gasteiger partial charge in [-0.05, 0) is 13.3 Å². The number of ether oxygens (including phenoxy) is 2. The molecule has 0 aromatic heterocycles. The fourth-order valence-electron chi connectivity index (χ4n) is 1.42. The molecule has 2 atom stereocenters. The van der Waals surface area contributed by atoms with Gasteiger partial charge in [0.05, 0.1) is 19.3 Å². The molecule has 0 saturated carbocycles. The van der Waals surface area contributed by atoms with Crippen LogP contribution in [0.4, 0.5) is 0 Å². The van der Waals surface area contributed by atoms with Crippen LogP contribution in [0.5, 0.6) is 0 Å². The van der Waals surface area contributed by atoms with Crippen LogP contribution in [0.15, 0.2) is 0 Å². The summed E-state index contributed by atoms with van der Waals surface area (Å²) in [7, 11) is 1.59. The van der Waals surface area contributed by atoms with Crippen molar-refractivity contribution in [2.24, 2.45) is 0 Å². The molecule has 1 heterocycles. The van der Waals surface area contributed by atoms with Gasteiger partial charge >= 0.3 is 0 Å². The summed E-state index contributed by atoms with van der Waals surface area (Å²) in [5.74, 6) is 0. The first-order valence-corrected chi connectivity index (χ1v) is 4.66. The minimum absolute atomic E-state index is 0.0364. The van der Waals surface area contributed by atoms with E-state index >= 15 is 0 Å². The third-order valence-corrected chi connectivity index (χ3v) is 2.34. The van der Waals surface area contributed by atoms with Gasteiger partial charge in [0.15, 0.2) is 0 Å². The number of aliphatic hydroxyl groups excluding tert-OH is 1. The van der Waals surface area contributed by atoms with Crippen molar-refractivity contribution in [1.82, 2.24) is 5.32 Å². The van der Waals surface area contributed by atoms with Gasteiger partial charge in [-0.1, -0.05) is 0 Å². The highest BCUT2D eigenvalue weighted by molar-refractivity contribution is 4.87. The minimum atomic E-state index is -0.428. The zero-order valence-electron chi connectivity index (χ0n) is 8.38. The van der Waals surface area contributed by atoms with E-state index in [9.17, 15) is 5.11 Å². The Morgan fingerprint density at radius 1 is 1.69 bits per heavy atom. The Bertz CT molecular complexity index is 146. The average Bonchev–Trinajstić information content (AvgIpc) is 2.51. The van der Waals surface area contributed by atoms with Crippen molar-refractivity contribution in [2.45, 2.75) is 25.0 Å². The number of hydrogen-bond acceptors (Lipinski definition) is 4. The number of hydrogen-bond donors (Lipinski definition) is 2. The van der Waals surface area contributed by atoms with Crippen LogP contribution in [0.1, 0.15) is 13.3 Å². The molecule has 0 aromatic rings. The zero-order chi connectivity index (χ0) is 9.73. The van der Waals surface area contributed by atoms with Gasteiger partial charge in [0.1, 0.15) is 0 Å². The lowest BCUT2D eigenvalue weighted by Crippen LogP contribution is -2.47. The summed E-state index contributed by atoms with van der Waals surface area (Å²) in [4.78, 5) is 0. The maximum Gasteiger partial charge on any atom is 0.0897 e. The average molecular weight is 189 g/mol. The van der Waals surface area contributed by atoms with E-state index in [-0.39, 0.29) is 5.54 Å². The highest BCUT2D eigenvalue weighted by Gasteiger charge is 2.29. The molecule has 1 fully saturated rings. The first-order chi connectivity index (χ1) is 6.16. The Balaban J connectivity index is 2.17. The number of rotatable bonds is 5. The normalized spacial score (nSPS) is 30.7. The van der Waals surface area contributed by atoms with Crippen molar-refractivity contribution in [3.05, 3.63) is 0 Å². The summed E-state index contributed by atoms with van der Waals surface area (Å²) < 4.78 is 10.1. The van der Waals surface area contributed by atoms with E-state index < -0.39 is 6.10 Å². The molecule has 0 bridgehead atoms. The predicted octanol–water partition coefficient (Wildman–Crippen LogP) is -0.238. The lowest BCUT2D eigenvalue weighted by atomic mass is 10.0. The lowest BCUT2D eigenvalue weighted by molar-refractivity contribution is 0.0579. The van der Waals surface area contributed by atoms with E-state index in [0.717, 1.165) is 19.6 Å². The molecule has 4 nitrogen and oxygen atoms in total. The lowest BCUT2D eigenvalue weighted by Gasteiger charge is -2.25. The number of methoxy groups -OCH3 is 1.